The molecule has 0 saturated heterocycles. The summed E-state index contributed by atoms with van der Waals surface area (Å²) in [5.41, 5.74) is 10.2. The van der Waals surface area contributed by atoms with Crippen molar-refractivity contribution < 1.29 is 23.4 Å². The molecule has 9 nitrogen and oxygen atoms in total. The third-order valence-corrected chi connectivity index (χ3v) is 11.5. The quantitative estimate of drug-likeness (QED) is 0.167. The van der Waals surface area contributed by atoms with E-state index in [1.807, 2.05) is 36.6 Å². The van der Waals surface area contributed by atoms with Crippen LogP contribution in [0.3, 0.4) is 0 Å². The highest BCUT2D eigenvalue weighted by Gasteiger charge is 2.30. The molecule has 2 unspecified atom stereocenters. The Morgan fingerprint density at radius 1 is 1.08 bits per heavy atom. The highest BCUT2D eigenvalue weighted by molar-refractivity contribution is 6.35. The summed E-state index contributed by atoms with van der Waals surface area (Å²) in [5.74, 6) is 0.404. The average molecular weight is 742 g/mol. The minimum atomic E-state index is -0.385. The Bertz CT molecular complexity index is 2200. The van der Waals surface area contributed by atoms with E-state index in [-0.39, 0.29) is 23.6 Å². The largest absolute Gasteiger partial charge is 0.493 e. The van der Waals surface area contributed by atoms with Crippen LogP contribution in [-0.2, 0) is 53.1 Å². The number of halogens is 2. The number of methoxy groups -OCH3 is 2. The molecule has 53 heavy (non-hydrogen) atoms. The average Bonchev–Trinajstić information content (AvgIpc) is 3.78. The molecule has 0 fully saturated rings. The Morgan fingerprint density at radius 2 is 1.91 bits per heavy atom. The van der Waals surface area contributed by atoms with Crippen LogP contribution >= 0.6 is 11.6 Å². The van der Waals surface area contributed by atoms with Crippen LogP contribution < -0.4 is 0 Å². The van der Waals surface area contributed by atoms with Gasteiger partial charge in [-0.2, -0.15) is 10.2 Å². The number of aromatic nitrogens is 5. The highest BCUT2D eigenvalue weighted by Crippen LogP contribution is 2.43. The fraction of sp³-hybridized carbons (Fsp3) is 0.452. The van der Waals surface area contributed by atoms with Gasteiger partial charge in [0.05, 0.1) is 54.5 Å². The molecule has 0 amide bonds. The third kappa shape index (κ3) is 6.92. The van der Waals surface area contributed by atoms with E-state index in [9.17, 15) is 9.18 Å². The normalized spacial score (nSPS) is 17.8. The minimum Gasteiger partial charge on any atom is -0.493 e. The van der Waals surface area contributed by atoms with Crippen molar-refractivity contribution >= 4 is 34.2 Å². The summed E-state index contributed by atoms with van der Waals surface area (Å²) in [5, 5.41) is 11.6. The second-order valence-electron chi connectivity index (χ2n) is 14.3. The van der Waals surface area contributed by atoms with Crippen LogP contribution in [-0.4, -0.2) is 57.5 Å². The topological polar surface area (TPSA) is 85.3 Å². The van der Waals surface area contributed by atoms with Crippen LogP contribution in [0.25, 0.3) is 27.9 Å². The van der Waals surface area contributed by atoms with Gasteiger partial charge in [0.2, 0.25) is 0 Å². The molecular weight excluding hydrogens is 693 g/mol. The van der Waals surface area contributed by atoms with Gasteiger partial charge in [-0.15, -0.1) is 0 Å². The number of allylic oxidation sites excluding steroid dienone is 1. The SMILES string of the molecule is CCn1c(C(=O)OC)c2c3ccc(Cl)c(c31)-c1c(C)c(C)nn1CCCc1cc(n(CCOC)n1)CCC1C=C(OCCC2)c2ccc(F)cc2C1C. The molecule has 0 spiro atoms. The molecular formula is C42H49ClFN5O4. The number of nitrogens with zero attached hydrogens (tertiary/aromatic N) is 5. The van der Waals surface area contributed by atoms with Crippen LogP contribution in [0.4, 0.5) is 4.39 Å². The van der Waals surface area contributed by atoms with E-state index in [0.29, 0.717) is 56.4 Å². The molecule has 4 heterocycles. The number of hydrogen-bond donors (Lipinski definition) is 0. The molecule has 11 heteroatoms. The summed E-state index contributed by atoms with van der Waals surface area (Å²) in [6.07, 6.45) is 6.73. The predicted molar refractivity (Wildman–Crippen MR) is 206 cm³/mol. The first-order valence-electron chi connectivity index (χ1n) is 18.8. The Kier molecular flexibility index (Phi) is 10.8. The van der Waals surface area contributed by atoms with Crippen molar-refractivity contribution in [3.63, 3.8) is 0 Å². The second kappa shape index (κ2) is 15.5. The lowest BCUT2D eigenvalue weighted by Gasteiger charge is -2.30. The smallest absolute Gasteiger partial charge is 0.354 e. The fourth-order valence-corrected chi connectivity index (χ4v) is 8.63. The molecule has 2 aromatic carbocycles. The lowest BCUT2D eigenvalue weighted by atomic mass is 9.77. The Balaban J connectivity index is 1.36. The maximum absolute atomic E-state index is 14.7. The number of carbonyl (C=O) groups is 1. The number of benzene rings is 2. The van der Waals surface area contributed by atoms with E-state index in [2.05, 4.69) is 35.4 Å². The summed E-state index contributed by atoms with van der Waals surface area (Å²) in [6, 6.07) is 11.2. The first-order valence-corrected chi connectivity index (χ1v) is 19.2. The number of rotatable bonds is 5. The molecule has 8 bridgehead atoms. The van der Waals surface area contributed by atoms with Crippen molar-refractivity contribution in [1.29, 1.82) is 0 Å². The van der Waals surface area contributed by atoms with Gasteiger partial charge < -0.3 is 18.8 Å². The van der Waals surface area contributed by atoms with E-state index in [4.69, 9.17) is 36.0 Å². The standard InChI is InChI=1S/C42H49ClFN5O4/c1-7-47-40-34-16-17-36(43)38(40)39-25(2)27(4)45-49(39)18-8-10-30-24-31(48(46-30)19-21-51-5)14-12-28-22-37(32-15-13-29(44)23-35(32)26(28)3)53-20-9-11-33(34)41(47)42(50)52-6/h13,15-17,22-24,26,28H,7-12,14,18-21H2,1-6H3. The Hall–Kier alpha value is -4.41. The van der Waals surface area contributed by atoms with Crippen LogP contribution in [0.1, 0.15) is 88.9 Å². The van der Waals surface area contributed by atoms with Gasteiger partial charge in [0.15, 0.2) is 0 Å². The van der Waals surface area contributed by atoms with Crippen LogP contribution in [0.2, 0.25) is 5.02 Å². The van der Waals surface area contributed by atoms with Crippen LogP contribution in [0.5, 0.6) is 0 Å². The summed E-state index contributed by atoms with van der Waals surface area (Å²) in [6.45, 7) is 11.2. The van der Waals surface area contributed by atoms with Gasteiger partial charge in [-0.1, -0.05) is 24.6 Å². The lowest BCUT2D eigenvalue weighted by Crippen LogP contribution is -2.18. The summed E-state index contributed by atoms with van der Waals surface area (Å²) >= 11 is 7.14. The summed E-state index contributed by atoms with van der Waals surface area (Å²) in [7, 11) is 3.14. The van der Waals surface area contributed by atoms with Gasteiger partial charge in [0, 0.05) is 42.4 Å². The molecule has 0 saturated carbocycles. The monoisotopic (exact) mass is 741 g/mol. The van der Waals surface area contributed by atoms with E-state index < -0.39 is 0 Å². The number of hydrogen-bond acceptors (Lipinski definition) is 6. The van der Waals surface area contributed by atoms with E-state index in [1.54, 1.807) is 13.2 Å². The Labute approximate surface area is 315 Å². The second-order valence-corrected chi connectivity index (χ2v) is 14.7. The maximum Gasteiger partial charge on any atom is 0.354 e. The van der Waals surface area contributed by atoms with Gasteiger partial charge in [0.1, 0.15) is 17.3 Å². The van der Waals surface area contributed by atoms with Crippen molar-refractivity contribution in [2.24, 2.45) is 5.92 Å². The number of carbonyl (C=O) groups excluding carboxylic acids is 1. The molecule has 5 aromatic rings. The van der Waals surface area contributed by atoms with E-state index >= 15 is 0 Å². The highest BCUT2D eigenvalue weighted by atomic mass is 35.5. The Morgan fingerprint density at radius 3 is 2.68 bits per heavy atom. The molecule has 2 atom stereocenters. The number of fused-ring (bicyclic) bond motifs is 7. The van der Waals surface area contributed by atoms with Crippen molar-refractivity contribution in [2.45, 2.75) is 91.8 Å². The number of esters is 1. The maximum atomic E-state index is 14.7. The van der Waals surface area contributed by atoms with Gasteiger partial charge in [-0.25, -0.2) is 9.18 Å². The van der Waals surface area contributed by atoms with Gasteiger partial charge in [-0.3, -0.25) is 9.36 Å². The molecule has 1 aliphatic heterocycles. The summed E-state index contributed by atoms with van der Waals surface area (Å²) in [4.78, 5) is 13.6. The third-order valence-electron chi connectivity index (χ3n) is 11.2. The zero-order chi connectivity index (χ0) is 37.4. The molecule has 1 aliphatic carbocycles. The van der Waals surface area contributed by atoms with Gasteiger partial charge in [-0.05, 0) is 124 Å². The van der Waals surface area contributed by atoms with E-state index in [1.165, 1.54) is 18.9 Å². The van der Waals surface area contributed by atoms with Crippen molar-refractivity contribution in [3.05, 3.63) is 98.3 Å². The predicted octanol–water partition coefficient (Wildman–Crippen LogP) is 8.87. The molecule has 2 aliphatic rings. The molecule has 0 radical (unpaired) electrons. The first kappa shape index (κ1) is 36.9. The van der Waals surface area contributed by atoms with Crippen LogP contribution in [0.15, 0.2) is 42.5 Å². The van der Waals surface area contributed by atoms with Gasteiger partial charge in [0.25, 0.3) is 0 Å². The molecule has 0 N–H and O–H groups in total. The van der Waals surface area contributed by atoms with Crippen molar-refractivity contribution in [3.8, 4) is 11.3 Å². The van der Waals surface area contributed by atoms with Gasteiger partial charge >= 0.3 is 5.97 Å². The zero-order valence-electron chi connectivity index (χ0n) is 31.6. The molecule has 7 rings (SSSR count). The number of ether oxygens (including phenoxy) is 3. The number of aryl methyl sites for hydroxylation is 6. The minimum absolute atomic E-state index is 0.114. The van der Waals surface area contributed by atoms with Crippen molar-refractivity contribution in [1.82, 2.24) is 24.1 Å². The zero-order valence-corrected chi connectivity index (χ0v) is 32.4. The molecule has 3 aromatic heterocycles. The molecule has 280 valence electrons. The first-order chi connectivity index (χ1) is 25.6. The van der Waals surface area contributed by atoms with E-state index in [0.717, 1.165) is 87.2 Å². The lowest BCUT2D eigenvalue weighted by molar-refractivity contribution is 0.0587. The fourth-order valence-electron chi connectivity index (χ4n) is 8.39. The van der Waals surface area contributed by atoms with Crippen LogP contribution in [0, 0.1) is 25.6 Å². The van der Waals surface area contributed by atoms with Crippen molar-refractivity contribution in [2.75, 3.05) is 27.4 Å². The summed E-state index contributed by atoms with van der Waals surface area (Å²) < 4.78 is 38.3.